The van der Waals surface area contributed by atoms with Gasteiger partial charge in [0.05, 0.1) is 11.8 Å². The number of rotatable bonds is 3. The minimum atomic E-state index is -0.285. The number of carbonyl (C=O) groups is 2. The Morgan fingerprint density at radius 3 is 2.48 bits per heavy atom. The lowest BCUT2D eigenvalue weighted by molar-refractivity contribution is -0.114. The smallest absolute Gasteiger partial charge is 0.338 e. The van der Waals surface area contributed by atoms with Gasteiger partial charge in [0.1, 0.15) is 0 Å². The number of fused-ring (bicyclic) bond motifs is 2. The Morgan fingerprint density at radius 1 is 1.17 bits per heavy atom. The molecule has 1 unspecified atom stereocenters. The van der Waals surface area contributed by atoms with Crippen LogP contribution in [0.15, 0.2) is 41.5 Å². The number of hydrogen-bond donors (Lipinski definition) is 2. The topological polar surface area (TPSA) is 92.3 Å². The Bertz CT molecular complexity index is 1000. The maximum atomic E-state index is 12.5. The normalized spacial score (nSPS) is 16.7. The summed E-state index contributed by atoms with van der Waals surface area (Å²) in [6.07, 6.45) is 0.693. The quantitative estimate of drug-likeness (QED) is 0.836. The zero-order valence-corrected chi connectivity index (χ0v) is 16.5. The Balaban J connectivity index is 1.84. The lowest BCUT2D eigenvalue weighted by atomic mass is 9.90. The molecule has 4 rings (SSSR count). The molecule has 0 spiro atoms. The molecule has 8 heteroatoms. The van der Waals surface area contributed by atoms with Gasteiger partial charge in [-0.05, 0) is 36.2 Å². The first-order chi connectivity index (χ1) is 14.0. The lowest BCUT2D eigenvalue weighted by Gasteiger charge is -2.33. The highest BCUT2D eigenvalue weighted by atomic mass is 16.7. The molecule has 150 valence electrons. The summed E-state index contributed by atoms with van der Waals surface area (Å²) in [6, 6.07) is 10.7. The fourth-order valence-corrected chi connectivity index (χ4v) is 3.62. The molecule has 0 saturated heterocycles. The largest absolute Gasteiger partial charge is 0.454 e. The molecule has 2 aliphatic rings. The van der Waals surface area contributed by atoms with Crippen LogP contribution in [0.2, 0.25) is 0 Å². The monoisotopic (exact) mass is 394 g/mol. The minimum absolute atomic E-state index is 0.137. The molecule has 2 heterocycles. The zero-order chi connectivity index (χ0) is 20.5. The number of nitrogens with zero attached hydrogens (tertiary/aromatic N) is 2. The second-order valence-corrected chi connectivity index (χ2v) is 6.82. The van der Waals surface area contributed by atoms with Crippen LogP contribution in [0.4, 0.5) is 10.5 Å². The van der Waals surface area contributed by atoms with Crippen molar-refractivity contribution < 1.29 is 19.1 Å². The fraction of sp³-hybridized carbons (Fsp3) is 0.286. The van der Waals surface area contributed by atoms with Crippen LogP contribution in [0, 0.1) is 0 Å². The van der Waals surface area contributed by atoms with Crippen LogP contribution in [0.5, 0.6) is 11.5 Å². The second kappa shape index (κ2) is 7.46. The van der Waals surface area contributed by atoms with E-state index < -0.39 is 0 Å². The third-order valence-electron chi connectivity index (χ3n) is 4.95. The number of hydrogen-bond acceptors (Lipinski definition) is 5. The first-order valence-corrected chi connectivity index (χ1v) is 9.43. The maximum absolute atomic E-state index is 12.5. The molecule has 0 saturated carbocycles. The number of ether oxygens (including phenoxy) is 2. The molecular formula is C21H22N4O4. The van der Waals surface area contributed by atoms with Gasteiger partial charge in [-0.2, -0.15) is 5.10 Å². The van der Waals surface area contributed by atoms with Crippen molar-refractivity contribution in [1.82, 2.24) is 10.3 Å². The highest BCUT2D eigenvalue weighted by molar-refractivity contribution is 6.15. The first-order valence-electron chi connectivity index (χ1n) is 9.43. The molecule has 2 aromatic rings. The van der Waals surface area contributed by atoms with Crippen LogP contribution in [0.25, 0.3) is 0 Å². The molecule has 1 atom stereocenters. The molecule has 2 aromatic carbocycles. The molecule has 0 aliphatic carbocycles. The number of carbonyl (C=O) groups excluding carboxylic acids is 2. The van der Waals surface area contributed by atoms with Gasteiger partial charge in [0.25, 0.3) is 0 Å². The summed E-state index contributed by atoms with van der Waals surface area (Å²) in [6.45, 7) is 3.65. The van der Waals surface area contributed by atoms with E-state index in [4.69, 9.17) is 9.47 Å². The van der Waals surface area contributed by atoms with Gasteiger partial charge < -0.3 is 20.1 Å². The van der Waals surface area contributed by atoms with Crippen molar-refractivity contribution >= 4 is 23.3 Å². The molecule has 8 nitrogen and oxygen atoms in total. The molecule has 0 radical (unpaired) electrons. The number of hydrazone groups is 1. The molecule has 29 heavy (non-hydrogen) atoms. The van der Waals surface area contributed by atoms with E-state index in [0.29, 0.717) is 29.3 Å². The van der Waals surface area contributed by atoms with E-state index in [0.717, 1.165) is 16.7 Å². The maximum Gasteiger partial charge on any atom is 0.338 e. The summed E-state index contributed by atoms with van der Waals surface area (Å²) in [7, 11) is 1.58. The standard InChI is InChI=1S/C21H22N4O4/c1-4-17-15-9-18-19(29-11-28-18)10-16(15)20(24-25(17)21(27)22-3)13-5-7-14(8-6-13)23-12(2)26/h5-10,17H,4,11H2,1-3H3,(H,22,27)(H,23,26). The number of urea groups is 1. The number of anilines is 1. The molecule has 0 fully saturated rings. The molecule has 3 amide bonds. The minimum Gasteiger partial charge on any atom is -0.454 e. The summed E-state index contributed by atoms with van der Waals surface area (Å²) in [5.74, 6) is 1.19. The Hall–Kier alpha value is -3.55. The van der Waals surface area contributed by atoms with Gasteiger partial charge >= 0.3 is 6.03 Å². The van der Waals surface area contributed by atoms with Gasteiger partial charge in [-0.1, -0.05) is 19.1 Å². The van der Waals surface area contributed by atoms with Crippen molar-refractivity contribution in [3.63, 3.8) is 0 Å². The van der Waals surface area contributed by atoms with Crippen molar-refractivity contribution in [3.05, 3.63) is 53.1 Å². The Kier molecular flexibility index (Phi) is 4.84. The van der Waals surface area contributed by atoms with E-state index >= 15 is 0 Å². The van der Waals surface area contributed by atoms with Crippen molar-refractivity contribution in [2.45, 2.75) is 26.3 Å². The van der Waals surface area contributed by atoms with E-state index in [1.807, 2.05) is 43.3 Å². The highest BCUT2D eigenvalue weighted by Gasteiger charge is 2.34. The summed E-state index contributed by atoms with van der Waals surface area (Å²) in [5, 5.41) is 11.6. The fourth-order valence-electron chi connectivity index (χ4n) is 3.62. The van der Waals surface area contributed by atoms with Gasteiger partial charge in [-0.15, -0.1) is 0 Å². The predicted octanol–water partition coefficient (Wildman–Crippen LogP) is 3.23. The lowest BCUT2D eigenvalue weighted by Crippen LogP contribution is -2.40. The molecule has 0 aromatic heterocycles. The van der Waals surface area contributed by atoms with Crippen molar-refractivity contribution in [1.29, 1.82) is 0 Å². The Morgan fingerprint density at radius 2 is 1.86 bits per heavy atom. The summed E-state index contributed by atoms with van der Waals surface area (Å²) in [4.78, 5) is 23.8. The van der Waals surface area contributed by atoms with Crippen LogP contribution in [0.1, 0.15) is 43.0 Å². The van der Waals surface area contributed by atoms with Crippen LogP contribution in [-0.4, -0.2) is 36.5 Å². The number of benzene rings is 2. The second-order valence-electron chi connectivity index (χ2n) is 6.82. The van der Waals surface area contributed by atoms with E-state index in [1.54, 1.807) is 7.05 Å². The van der Waals surface area contributed by atoms with Gasteiger partial charge in [0, 0.05) is 30.8 Å². The van der Waals surface area contributed by atoms with Gasteiger partial charge in [0.15, 0.2) is 11.5 Å². The van der Waals surface area contributed by atoms with Crippen LogP contribution >= 0.6 is 0 Å². The molecule has 2 N–H and O–H groups in total. The third kappa shape index (κ3) is 3.37. The number of nitrogens with one attached hydrogen (secondary N) is 2. The highest BCUT2D eigenvalue weighted by Crippen LogP contribution is 2.42. The van der Waals surface area contributed by atoms with E-state index in [2.05, 4.69) is 15.7 Å². The van der Waals surface area contributed by atoms with Crippen molar-refractivity contribution in [2.75, 3.05) is 19.2 Å². The zero-order valence-electron chi connectivity index (χ0n) is 16.5. The SMILES string of the molecule is CCC1c2cc3c(cc2C(c2ccc(NC(C)=O)cc2)=NN1C(=O)NC)OCO3. The molecule has 0 bridgehead atoms. The average molecular weight is 394 g/mol. The predicted molar refractivity (Wildman–Crippen MR) is 108 cm³/mol. The van der Waals surface area contributed by atoms with Gasteiger partial charge in [-0.3, -0.25) is 4.79 Å². The van der Waals surface area contributed by atoms with E-state index in [1.165, 1.54) is 11.9 Å². The summed E-state index contributed by atoms with van der Waals surface area (Å²) < 4.78 is 11.1. The summed E-state index contributed by atoms with van der Waals surface area (Å²) >= 11 is 0. The molecular weight excluding hydrogens is 372 g/mol. The summed E-state index contributed by atoms with van der Waals surface area (Å²) in [5.41, 5.74) is 4.02. The third-order valence-corrected chi connectivity index (χ3v) is 4.95. The van der Waals surface area contributed by atoms with Crippen LogP contribution in [-0.2, 0) is 4.79 Å². The van der Waals surface area contributed by atoms with Gasteiger partial charge in [-0.25, -0.2) is 9.80 Å². The van der Waals surface area contributed by atoms with E-state index in [-0.39, 0.29) is 24.8 Å². The van der Waals surface area contributed by atoms with Crippen molar-refractivity contribution in [2.24, 2.45) is 5.10 Å². The van der Waals surface area contributed by atoms with Crippen LogP contribution < -0.4 is 20.1 Å². The van der Waals surface area contributed by atoms with E-state index in [9.17, 15) is 9.59 Å². The number of amides is 3. The molecule has 2 aliphatic heterocycles. The first kappa shape index (κ1) is 18.8. The average Bonchev–Trinajstić information content (AvgIpc) is 3.18. The van der Waals surface area contributed by atoms with Crippen molar-refractivity contribution in [3.8, 4) is 11.5 Å². The van der Waals surface area contributed by atoms with Gasteiger partial charge in [0.2, 0.25) is 12.7 Å². The van der Waals surface area contributed by atoms with Crippen LogP contribution in [0.3, 0.4) is 0 Å². The Labute approximate surface area is 168 Å².